The molecule has 132 valence electrons. The lowest BCUT2D eigenvalue weighted by molar-refractivity contribution is 0.0912. The summed E-state index contributed by atoms with van der Waals surface area (Å²) in [6.45, 7) is 1.76. The van der Waals surface area contributed by atoms with Gasteiger partial charge in [-0.15, -0.1) is 0 Å². The molecule has 0 aromatic carbocycles. The van der Waals surface area contributed by atoms with E-state index in [1.807, 2.05) is 6.07 Å². The second-order valence-corrected chi connectivity index (χ2v) is 7.12. The molecule has 2 aromatic heterocycles. The Bertz CT molecular complexity index is 829. The number of amides is 1. The topological polar surface area (TPSA) is 90.0 Å². The number of rotatable bonds is 4. The standard InChI is InChI=1S/C18H22N4O3/c1-11-10-16(21-25-11)18(24)19-13-4-6-14(7-5-13)22-17(23)9-8-15(20-22)12-2-3-12/h8-10,12-14H,2-7H2,1H3,(H,19,24). The first-order valence-corrected chi connectivity index (χ1v) is 8.94. The Hall–Kier alpha value is -2.44. The molecule has 2 fully saturated rings. The molecule has 0 unspecified atom stereocenters. The van der Waals surface area contributed by atoms with Crippen molar-refractivity contribution >= 4 is 5.91 Å². The van der Waals surface area contributed by atoms with Gasteiger partial charge in [-0.25, -0.2) is 4.68 Å². The molecule has 0 radical (unpaired) electrons. The van der Waals surface area contributed by atoms with Gasteiger partial charge in [0.2, 0.25) is 0 Å². The highest BCUT2D eigenvalue weighted by Gasteiger charge is 2.29. The Morgan fingerprint density at radius 1 is 1.20 bits per heavy atom. The maximum Gasteiger partial charge on any atom is 0.273 e. The zero-order valence-corrected chi connectivity index (χ0v) is 14.3. The third-order valence-corrected chi connectivity index (χ3v) is 5.08. The maximum atomic E-state index is 12.2. The summed E-state index contributed by atoms with van der Waals surface area (Å²) in [7, 11) is 0. The van der Waals surface area contributed by atoms with Crippen LogP contribution in [0, 0.1) is 6.92 Å². The van der Waals surface area contributed by atoms with E-state index in [4.69, 9.17) is 4.52 Å². The number of hydrogen-bond donors (Lipinski definition) is 1. The van der Waals surface area contributed by atoms with Gasteiger partial charge in [0.15, 0.2) is 5.69 Å². The van der Waals surface area contributed by atoms with Crippen molar-refractivity contribution in [2.75, 3.05) is 0 Å². The summed E-state index contributed by atoms with van der Waals surface area (Å²) in [6.07, 6.45) is 5.68. The second kappa shape index (κ2) is 6.46. The van der Waals surface area contributed by atoms with Gasteiger partial charge in [0.05, 0.1) is 11.7 Å². The highest BCUT2D eigenvalue weighted by atomic mass is 16.5. The van der Waals surface area contributed by atoms with E-state index >= 15 is 0 Å². The molecule has 2 aromatic rings. The Labute approximate surface area is 145 Å². The van der Waals surface area contributed by atoms with Gasteiger partial charge < -0.3 is 9.84 Å². The van der Waals surface area contributed by atoms with E-state index < -0.39 is 0 Å². The molecule has 2 aliphatic carbocycles. The molecule has 4 rings (SSSR count). The van der Waals surface area contributed by atoms with Crippen LogP contribution in [0.1, 0.15) is 72.4 Å². The van der Waals surface area contributed by atoms with Crippen LogP contribution in [-0.4, -0.2) is 26.9 Å². The van der Waals surface area contributed by atoms with Crippen molar-refractivity contribution < 1.29 is 9.32 Å². The summed E-state index contributed by atoms with van der Waals surface area (Å²) >= 11 is 0. The van der Waals surface area contributed by atoms with Crippen molar-refractivity contribution in [2.45, 2.75) is 63.5 Å². The van der Waals surface area contributed by atoms with E-state index in [2.05, 4.69) is 15.6 Å². The van der Waals surface area contributed by atoms with Crippen LogP contribution in [0.4, 0.5) is 0 Å². The maximum absolute atomic E-state index is 12.2. The second-order valence-electron chi connectivity index (χ2n) is 7.12. The number of nitrogens with one attached hydrogen (secondary N) is 1. The molecular formula is C18H22N4O3. The number of nitrogens with zero attached hydrogens (tertiary/aromatic N) is 3. The number of carbonyl (C=O) groups is 1. The minimum atomic E-state index is -0.202. The number of hydrogen-bond acceptors (Lipinski definition) is 5. The van der Waals surface area contributed by atoms with Gasteiger partial charge in [0.25, 0.3) is 11.5 Å². The number of aryl methyl sites for hydroxylation is 1. The molecule has 25 heavy (non-hydrogen) atoms. The lowest BCUT2D eigenvalue weighted by Gasteiger charge is -2.29. The lowest BCUT2D eigenvalue weighted by atomic mass is 9.91. The normalized spacial score (nSPS) is 23.4. The predicted octanol–water partition coefficient (Wildman–Crippen LogP) is 2.33. The fourth-order valence-corrected chi connectivity index (χ4v) is 3.50. The first-order valence-electron chi connectivity index (χ1n) is 8.94. The van der Waals surface area contributed by atoms with Gasteiger partial charge in [-0.3, -0.25) is 9.59 Å². The molecule has 1 amide bonds. The zero-order chi connectivity index (χ0) is 17.4. The average Bonchev–Trinajstić information content (AvgIpc) is 3.37. The fourth-order valence-electron chi connectivity index (χ4n) is 3.50. The predicted molar refractivity (Wildman–Crippen MR) is 90.5 cm³/mol. The first kappa shape index (κ1) is 16.1. The van der Waals surface area contributed by atoms with Gasteiger partial charge in [-0.2, -0.15) is 5.10 Å². The molecule has 0 bridgehead atoms. The summed E-state index contributed by atoms with van der Waals surface area (Å²) in [4.78, 5) is 24.3. The summed E-state index contributed by atoms with van der Waals surface area (Å²) in [6, 6.07) is 5.36. The zero-order valence-electron chi connectivity index (χ0n) is 14.3. The van der Waals surface area contributed by atoms with Crippen molar-refractivity contribution in [3.05, 3.63) is 45.7 Å². The smallest absolute Gasteiger partial charge is 0.273 e. The molecule has 0 atom stereocenters. The summed E-state index contributed by atoms with van der Waals surface area (Å²) < 4.78 is 6.60. The van der Waals surface area contributed by atoms with E-state index in [1.54, 1.807) is 23.7 Å². The van der Waals surface area contributed by atoms with Crippen LogP contribution in [0.25, 0.3) is 0 Å². The van der Waals surface area contributed by atoms with Crippen molar-refractivity contribution in [3.63, 3.8) is 0 Å². The summed E-state index contributed by atoms with van der Waals surface area (Å²) in [5.41, 5.74) is 1.32. The van der Waals surface area contributed by atoms with E-state index in [0.717, 1.165) is 31.4 Å². The first-order chi connectivity index (χ1) is 12.1. The van der Waals surface area contributed by atoms with E-state index in [0.29, 0.717) is 17.4 Å². The molecular weight excluding hydrogens is 320 g/mol. The lowest BCUT2D eigenvalue weighted by Crippen LogP contribution is -2.39. The molecule has 2 saturated carbocycles. The molecule has 0 aliphatic heterocycles. The summed E-state index contributed by atoms with van der Waals surface area (Å²) in [5.74, 6) is 0.953. The van der Waals surface area contributed by atoms with Crippen LogP contribution in [0.5, 0.6) is 0 Å². The van der Waals surface area contributed by atoms with E-state index in [9.17, 15) is 9.59 Å². The van der Waals surface area contributed by atoms with Crippen molar-refractivity contribution in [3.8, 4) is 0 Å². The monoisotopic (exact) mass is 342 g/mol. The SMILES string of the molecule is Cc1cc(C(=O)NC2CCC(n3nc(C4CC4)ccc3=O)CC2)no1. The van der Waals surface area contributed by atoms with Crippen molar-refractivity contribution in [1.82, 2.24) is 20.3 Å². The van der Waals surface area contributed by atoms with Gasteiger partial charge in [-0.05, 0) is 51.5 Å². The fraction of sp³-hybridized carbons (Fsp3) is 0.556. The highest BCUT2D eigenvalue weighted by Crippen LogP contribution is 2.38. The van der Waals surface area contributed by atoms with Crippen LogP contribution in [0.15, 0.2) is 27.5 Å². The third kappa shape index (κ3) is 3.50. The van der Waals surface area contributed by atoms with Gasteiger partial charge in [0.1, 0.15) is 5.76 Å². The number of carbonyl (C=O) groups excluding carboxylic acids is 1. The largest absolute Gasteiger partial charge is 0.361 e. The van der Waals surface area contributed by atoms with Gasteiger partial charge in [0, 0.05) is 24.1 Å². The highest BCUT2D eigenvalue weighted by molar-refractivity contribution is 5.92. The molecule has 0 spiro atoms. The quantitative estimate of drug-likeness (QED) is 0.921. The Balaban J connectivity index is 1.37. The molecule has 2 heterocycles. The minimum absolute atomic E-state index is 0.0324. The molecule has 7 heteroatoms. The van der Waals surface area contributed by atoms with Crippen LogP contribution in [-0.2, 0) is 0 Å². The molecule has 7 nitrogen and oxygen atoms in total. The van der Waals surface area contributed by atoms with Crippen LogP contribution in [0.3, 0.4) is 0 Å². The van der Waals surface area contributed by atoms with Gasteiger partial charge >= 0.3 is 0 Å². The van der Waals surface area contributed by atoms with E-state index in [1.165, 1.54) is 12.8 Å². The number of aromatic nitrogens is 3. The molecule has 1 N–H and O–H groups in total. The molecule has 0 saturated heterocycles. The third-order valence-electron chi connectivity index (χ3n) is 5.08. The van der Waals surface area contributed by atoms with Gasteiger partial charge in [-0.1, -0.05) is 5.16 Å². The van der Waals surface area contributed by atoms with E-state index in [-0.39, 0.29) is 23.6 Å². The van der Waals surface area contributed by atoms with Crippen molar-refractivity contribution in [2.24, 2.45) is 0 Å². The average molecular weight is 342 g/mol. The summed E-state index contributed by atoms with van der Waals surface area (Å²) in [5, 5.41) is 11.3. The Morgan fingerprint density at radius 2 is 1.96 bits per heavy atom. The van der Waals surface area contributed by atoms with Crippen LogP contribution >= 0.6 is 0 Å². The van der Waals surface area contributed by atoms with Crippen LogP contribution in [0.2, 0.25) is 0 Å². The molecule has 2 aliphatic rings. The Morgan fingerprint density at radius 3 is 2.60 bits per heavy atom. The Kier molecular flexibility index (Phi) is 4.15. The van der Waals surface area contributed by atoms with Crippen LogP contribution < -0.4 is 10.9 Å². The van der Waals surface area contributed by atoms with Crippen molar-refractivity contribution in [1.29, 1.82) is 0 Å². The minimum Gasteiger partial charge on any atom is -0.361 e.